The Hall–Kier alpha value is -1.01. The Kier molecular flexibility index (Phi) is 2.00. The molecule has 15 heavy (non-hydrogen) atoms. The zero-order chi connectivity index (χ0) is 10.4. The molecule has 0 aliphatic heterocycles. The Labute approximate surface area is 91.3 Å². The second-order valence-corrected chi connectivity index (χ2v) is 4.97. The standard InChI is InChI=1S/C9H13N5S/c1-2-6(10)8-13-14-7(5-3-4-5)11-12-9(14)15-8/h5-6H,2-4,10H2,1H3. The fourth-order valence-corrected chi connectivity index (χ4v) is 2.50. The fraction of sp³-hybridized carbons (Fsp3) is 0.667. The predicted octanol–water partition coefficient (Wildman–Crippen LogP) is 1.47. The molecule has 2 aromatic heterocycles. The van der Waals surface area contributed by atoms with Gasteiger partial charge in [-0.1, -0.05) is 18.3 Å². The third kappa shape index (κ3) is 1.44. The van der Waals surface area contributed by atoms with Crippen LogP contribution in [-0.4, -0.2) is 19.8 Å². The molecule has 1 fully saturated rings. The zero-order valence-electron chi connectivity index (χ0n) is 8.55. The molecule has 6 heteroatoms. The van der Waals surface area contributed by atoms with Crippen LogP contribution in [-0.2, 0) is 0 Å². The highest BCUT2D eigenvalue weighted by atomic mass is 32.1. The van der Waals surface area contributed by atoms with Crippen LogP contribution in [0.2, 0.25) is 0 Å². The predicted molar refractivity (Wildman–Crippen MR) is 57.9 cm³/mol. The summed E-state index contributed by atoms with van der Waals surface area (Å²) in [6, 6.07) is 0.0313. The van der Waals surface area contributed by atoms with Crippen molar-refractivity contribution < 1.29 is 0 Å². The summed E-state index contributed by atoms with van der Waals surface area (Å²) in [6.45, 7) is 2.06. The molecule has 2 N–H and O–H groups in total. The molecule has 0 radical (unpaired) electrons. The summed E-state index contributed by atoms with van der Waals surface area (Å²) in [5.74, 6) is 1.59. The van der Waals surface area contributed by atoms with Crippen LogP contribution < -0.4 is 5.73 Å². The van der Waals surface area contributed by atoms with Crippen molar-refractivity contribution in [3.05, 3.63) is 10.8 Å². The monoisotopic (exact) mass is 223 g/mol. The highest BCUT2D eigenvalue weighted by Crippen LogP contribution is 2.39. The fourth-order valence-electron chi connectivity index (χ4n) is 1.57. The number of aromatic nitrogens is 4. The molecule has 1 aliphatic carbocycles. The van der Waals surface area contributed by atoms with Crippen LogP contribution in [0.4, 0.5) is 0 Å². The van der Waals surface area contributed by atoms with Gasteiger partial charge in [-0.3, -0.25) is 0 Å². The van der Waals surface area contributed by atoms with Crippen molar-refractivity contribution in [1.29, 1.82) is 0 Å². The summed E-state index contributed by atoms with van der Waals surface area (Å²) in [5, 5.41) is 13.7. The van der Waals surface area contributed by atoms with E-state index in [0.717, 1.165) is 22.2 Å². The van der Waals surface area contributed by atoms with Gasteiger partial charge in [-0.05, 0) is 19.3 Å². The third-order valence-corrected chi connectivity index (χ3v) is 3.76. The molecule has 0 amide bonds. The SMILES string of the molecule is CCC(N)c1nn2c(C3CC3)nnc2s1. The van der Waals surface area contributed by atoms with E-state index >= 15 is 0 Å². The topological polar surface area (TPSA) is 69.1 Å². The van der Waals surface area contributed by atoms with Crippen LogP contribution in [0, 0.1) is 0 Å². The highest BCUT2D eigenvalue weighted by molar-refractivity contribution is 7.16. The number of fused-ring (bicyclic) bond motifs is 1. The van der Waals surface area contributed by atoms with E-state index in [1.165, 1.54) is 12.8 Å². The zero-order valence-corrected chi connectivity index (χ0v) is 9.37. The molecule has 2 aromatic rings. The maximum absolute atomic E-state index is 5.95. The summed E-state index contributed by atoms with van der Waals surface area (Å²) in [5.41, 5.74) is 5.95. The van der Waals surface area contributed by atoms with E-state index in [1.807, 2.05) is 4.52 Å². The first kappa shape index (κ1) is 9.23. The lowest BCUT2D eigenvalue weighted by atomic mass is 10.3. The molecular formula is C9H13N5S. The maximum Gasteiger partial charge on any atom is 0.234 e. The lowest BCUT2D eigenvalue weighted by Gasteiger charge is -2.01. The Balaban J connectivity index is 2.06. The van der Waals surface area contributed by atoms with E-state index in [9.17, 15) is 0 Å². The van der Waals surface area contributed by atoms with E-state index in [1.54, 1.807) is 11.3 Å². The van der Waals surface area contributed by atoms with Crippen molar-refractivity contribution >= 4 is 16.3 Å². The van der Waals surface area contributed by atoms with Gasteiger partial charge >= 0.3 is 0 Å². The summed E-state index contributed by atoms with van der Waals surface area (Å²) in [6.07, 6.45) is 3.34. The van der Waals surface area contributed by atoms with Gasteiger partial charge in [0.1, 0.15) is 5.01 Å². The van der Waals surface area contributed by atoms with Gasteiger partial charge in [0.25, 0.3) is 0 Å². The normalized spacial score (nSPS) is 18.5. The number of hydrogen-bond donors (Lipinski definition) is 1. The second-order valence-electron chi connectivity index (χ2n) is 3.98. The molecule has 5 nitrogen and oxygen atoms in total. The largest absolute Gasteiger partial charge is 0.322 e. The highest BCUT2D eigenvalue weighted by Gasteiger charge is 2.30. The van der Waals surface area contributed by atoms with E-state index in [2.05, 4.69) is 22.2 Å². The number of nitrogens with two attached hydrogens (primary N) is 1. The second kappa shape index (κ2) is 3.24. The Morgan fingerprint density at radius 2 is 2.33 bits per heavy atom. The Bertz CT molecular complexity index is 484. The first-order valence-corrected chi connectivity index (χ1v) is 6.09. The molecular weight excluding hydrogens is 210 g/mol. The van der Waals surface area contributed by atoms with Crippen LogP contribution >= 0.6 is 11.3 Å². The van der Waals surface area contributed by atoms with Crippen LogP contribution in [0.3, 0.4) is 0 Å². The van der Waals surface area contributed by atoms with Gasteiger partial charge in [-0.25, -0.2) is 0 Å². The molecule has 0 saturated heterocycles. The lowest BCUT2D eigenvalue weighted by Crippen LogP contribution is -2.09. The third-order valence-electron chi connectivity index (χ3n) is 2.73. The van der Waals surface area contributed by atoms with Crippen molar-refractivity contribution in [2.24, 2.45) is 5.73 Å². The molecule has 1 unspecified atom stereocenters. The Morgan fingerprint density at radius 3 is 3.00 bits per heavy atom. The quantitative estimate of drug-likeness (QED) is 0.855. The summed E-state index contributed by atoms with van der Waals surface area (Å²) >= 11 is 1.55. The average Bonchev–Trinajstić information content (AvgIpc) is 2.87. The molecule has 0 bridgehead atoms. The van der Waals surface area contributed by atoms with Crippen molar-refractivity contribution in [3.63, 3.8) is 0 Å². The van der Waals surface area contributed by atoms with Crippen LogP contribution in [0.15, 0.2) is 0 Å². The minimum absolute atomic E-state index is 0.0313. The lowest BCUT2D eigenvalue weighted by molar-refractivity contribution is 0.668. The van der Waals surface area contributed by atoms with E-state index in [4.69, 9.17) is 5.73 Å². The molecule has 0 aromatic carbocycles. The number of rotatable bonds is 3. The van der Waals surface area contributed by atoms with Gasteiger partial charge in [0.05, 0.1) is 6.04 Å². The first-order chi connectivity index (χ1) is 7.29. The summed E-state index contributed by atoms with van der Waals surface area (Å²) < 4.78 is 1.87. The van der Waals surface area contributed by atoms with Crippen molar-refractivity contribution in [2.45, 2.75) is 38.1 Å². The van der Waals surface area contributed by atoms with Gasteiger partial charge in [-0.2, -0.15) is 9.61 Å². The van der Waals surface area contributed by atoms with E-state index < -0.39 is 0 Å². The minimum Gasteiger partial charge on any atom is -0.322 e. The average molecular weight is 223 g/mol. The summed E-state index contributed by atoms with van der Waals surface area (Å²) in [7, 11) is 0. The van der Waals surface area contributed by atoms with Crippen molar-refractivity contribution in [1.82, 2.24) is 19.8 Å². The number of nitrogens with zero attached hydrogens (tertiary/aromatic N) is 4. The summed E-state index contributed by atoms with van der Waals surface area (Å²) in [4.78, 5) is 0.871. The maximum atomic E-state index is 5.95. The van der Waals surface area contributed by atoms with Crippen molar-refractivity contribution in [3.8, 4) is 0 Å². The van der Waals surface area contributed by atoms with Crippen molar-refractivity contribution in [2.75, 3.05) is 0 Å². The van der Waals surface area contributed by atoms with Crippen LogP contribution in [0.25, 0.3) is 4.96 Å². The smallest absolute Gasteiger partial charge is 0.234 e. The van der Waals surface area contributed by atoms with E-state index in [-0.39, 0.29) is 6.04 Å². The van der Waals surface area contributed by atoms with Crippen LogP contribution in [0.1, 0.15) is 49.0 Å². The minimum atomic E-state index is 0.0313. The molecule has 80 valence electrons. The van der Waals surface area contributed by atoms with Gasteiger partial charge in [-0.15, -0.1) is 10.2 Å². The van der Waals surface area contributed by atoms with E-state index in [0.29, 0.717) is 5.92 Å². The molecule has 1 atom stereocenters. The molecule has 1 saturated carbocycles. The molecule has 2 heterocycles. The molecule has 0 spiro atoms. The first-order valence-electron chi connectivity index (χ1n) is 5.27. The van der Waals surface area contributed by atoms with Gasteiger partial charge < -0.3 is 5.73 Å². The van der Waals surface area contributed by atoms with Gasteiger partial charge in [0.15, 0.2) is 5.82 Å². The van der Waals surface area contributed by atoms with Gasteiger partial charge in [0, 0.05) is 5.92 Å². The van der Waals surface area contributed by atoms with Gasteiger partial charge in [0.2, 0.25) is 4.96 Å². The molecule has 3 rings (SSSR count). The molecule has 1 aliphatic rings. The Morgan fingerprint density at radius 1 is 1.53 bits per heavy atom. The van der Waals surface area contributed by atoms with Crippen LogP contribution in [0.5, 0.6) is 0 Å². The number of hydrogen-bond acceptors (Lipinski definition) is 5.